The predicted molar refractivity (Wildman–Crippen MR) is 113 cm³/mol. The minimum absolute atomic E-state index is 0.119. The van der Waals surface area contributed by atoms with E-state index in [4.69, 9.17) is 16.3 Å². The lowest BCUT2D eigenvalue weighted by molar-refractivity contribution is 0.0953. The Morgan fingerprint density at radius 1 is 1.11 bits per heavy atom. The molecule has 0 aliphatic carbocycles. The van der Waals surface area contributed by atoms with Crippen LogP contribution in [0.3, 0.4) is 0 Å². The van der Waals surface area contributed by atoms with Gasteiger partial charge in [0.15, 0.2) is 0 Å². The summed E-state index contributed by atoms with van der Waals surface area (Å²) in [5.74, 6) is 1.05. The summed E-state index contributed by atoms with van der Waals surface area (Å²) in [6.45, 7) is 0.618. The van der Waals surface area contributed by atoms with Crippen molar-refractivity contribution < 1.29 is 9.53 Å². The van der Waals surface area contributed by atoms with Gasteiger partial charge in [-0.3, -0.25) is 4.79 Å². The van der Waals surface area contributed by atoms with Crippen molar-refractivity contribution >= 4 is 29.0 Å². The van der Waals surface area contributed by atoms with Crippen molar-refractivity contribution in [3.63, 3.8) is 0 Å². The van der Waals surface area contributed by atoms with E-state index in [0.717, 1.165) is 18.5 Å². The van der Waals surface area contributed by atoms with Crippen molar-refractivity contribution in [2.24, 2.45) is 0 Å². The van der Waals surface area contributed by atoms with Crippen molar-refractivity contribution in [3.05, 3.63) is 83.0 Å². The van der Waals surface area contributed by atoms with Crippen LogP contribution in [0.5, 0.6) is 5.75 Å². The fourth-order valence-corrected chi connectivity index (χ4v) is 3.03. The molecule has 0 aliphatic heterocycles. The smallest absolute Gasteiger partial charge is 0.251 e. The molecule has 0 saturated carbocycles. The first-order valence-corrected chi connectivity index (χ1v) is 9.42. The second kappa shape index (κ2) is 9.76. The third-order valence-electron chi connectivity index (χ3n) is 4.22. The summed E-state index contributed by atoms with van der Waals surface area (Å²) in [6, 6.07) is 19.0. The summed E-state index contributed by atoms with van der Waals surface area (Å²) < 4.78 is 5.15. The number of hydrogen-bond acceptors (Lipinski definition) is 4. The monoisotopic (exact) mass is 395 g/mol. The van der Waals surface area contributed by atoms with Crippen molar-refractivity contribution in [3.8, 4) is 5.75 Å². The second-order valence-corrected chi connectivity index (χ2v) is 6.66. The van der Waals surface area contributed by atoms with Crippen LogP contribution in [0.4, 0.5) is 11.5 Å². The maximum Gasteiger partial charge on any atom is 0.251 e. The second-order valence-electron chi connectivity index (χ2n) is 6.25. The lowest BCUT2D eigenvalue weighted by Crippen LogP contribution is -2.24. The summed E-state index contributed by atoms with van der Waals surface area (Å²) in [6.07, 6.45) is 3.42. The number of pyridine rings is 1. The van der Waals surface area contributed by atoms with Gasteiger partial charge in [0.2, 0.25) is 0 Å². The summed E-state index contributed by atoms with van der Waals surface area (Å²) in [4.78, 5) is 16.7. The molecule has 3 aromatic rings. The van der Waals surface area contributed by atoms with Crippen LogP contribution in [0, 0.1) is 0 Å². The Balaban J connectivity index is 1.54. The highest BCUT2D eigenvalue weighted by atomic mass is 35.5. The molecule has 1 amide bonds. The first-order valence-electron chi connectivity index (χ1n) is 9.04. The lowest BCUT2D eigenvalue weighted by atomic mass is 10.1. The molecule has 0 unspecified atom stereocenters. The molecule has 1 heterocycles. The number of carbonyl (C=O) groups excluding carboxylic acids is 1. The molecule has 144 valence electrons. The Kier molecular flexibility index (Phi) is 6.87. The number of nitrogens with zero attached hydrogens (tertiary/aromatic N) is 1. The quantitative estimate of drug-likeness (QED) is 0.535. The largest absolute Gasteiger partial charge is 0.495 e. The van der Waals surface area contributed by atoms with Crippen LogP contribution in [0.15, 0.2) is 66.9 Å². The fraction of sp³-hybridized carbons (Fsp3) is 0.182. The first kappa shape index (κ1) is 19.7. The van der Waals surface area contributed by atoms with Crippen molar-refractivity contribution in [2.45, 2.75) is 12.8 Å². The average molecular weight is 396 g/mol. The average Bonchev–Trinajstić information content (AvgIpc) is 2.72. The van der Waals surface area contributed by atoms with Crippen molar-refractivity contribution in [2.75, 3.05) is 19.0 Å². The van der Waals surface area contributed by atoms with Crippen LogP contribution in [0.1, 0.15) is 22.3 Å². The third kappa shape index (κ3) is 5.47. The Hall–Kier alpha value is -3.05. The molecule has 5 nitrogen and oxygen atoms in total. The Bertz CT molecular complexity index is 932. The molecule has 0 bridgehead atoms. The van der Waals surface area contributed by atoms with Crippen LogP contribution < -0.4 is 15.4 Å². The van der Waals surface area contributed by atoms with E-state index in [-0.39, 0.29) is 5.91 Å². The fourth-order valence-electron chi connectivity index (χ4n) is 2.77. The van der Waals surface area contributed by atoms with Gasteiger partial charge >= 0.3 is 0 Å². The molecule has 2 aromatic carbocycles. The number of carbonyl (C=O) groups is 1. The van der Waals surface area contributed by atoms with Gasteiger partial charge in [0, 0.05) is 24.0 Å². The summed E-state index contributed by atoms with van der Waals surface area (Å²) in [5, 5.41) is 6.60. The number of methoxy groups -OCH3 is 1. The van der Waals surface area contributed by atoms with Crippen LogP contribution in [-0.4, -0.2) is 24.5 Å². The van der Waals surface area contributed by atoms with E-state index >= 15 is 0 Å². The molecule has 0 fully saturated rings. The van der Waals surface area contributed by atoms with Crippen LogP contribution in [0.25, 0.3) is 0 Å². The van der Waals surface area contributed by atoms with E-state index in [0.29, 0.717) is 28.7 Å². The molecule has 0 aliphatic rings. The molecule has 3 rings (SSSR count). The van der Waals surface area contributed by atoms with Crippen molar-refractivity contribution in [1.82, 2.24) is 10.3 Å². The molecular weight excluding hydrogens is 374 g/mol. The number of halogens is 1. The SMILES string of the molecule is COc1ccc(Nc2cc(C(=O)NCCCc3ccccc3)ccn2)cc1Cl. The number of amides is 1. The number of hydrogen-bond donors (Lipinski definition) is 2. The van der Waals surface area contributed by atoms with E-state index in [2.05, 4.69) is 27.8 Å². The number of aryl methyl sites for hydroxylation is 1. The number of aromatic nitrogens is 1. The normalized spacial score (nSPS) is 10.4. The first-order chi connectivity index (χ1) is 13.7. The maximum atomic E-state index is 12.4. The topological polar surface area (TPSA) is 63.2 Å². The van der Waals surface area contributed by atoms with Gasteiger partial charge < -0.3 is 15.4 Å². The minimum atomic E-state index is -0.119. The van der Waals surface area contributed by atoms with E-state index in [1.54, 1.807) is 37.6 Å². The van der Waals surface area contributed by atoms with Gasteiger partial charge in [-0.2, -0.15) is 0 Å². The summed E-state index contributed by atoms with van der Waals surface area (Å²) >= 11 is 6.14. The Labute approximate surface area is 169 Å². The van der Waals surface area contributed by atoms with Crippen LogP contribution >= 0.6 is 11.6 Å². The number of nitrogens with one attached hydrogen (secondary N) is 2. The number of ether oxygens (including phenoxy) is 1. The third-order valence-corrected chi connectivity index (χ3v) is 4.51. The molecule has 0 spiro atoms. The highest BCUT2D eigenvalue weighted by Crippen LogP contribution is 2.28. The Morgan fingerprint density at radius 3 is 2.68 bits per heavy atom. The molecular formula is C22H22ClN3O2. The van der Waals surface area contributed by atoms with Gasteiger partial charge in [-0.15, -0.1) is 0 Å². The van der Waals surface area contributed by atoms with Crippen LogP contribution in [-0.2, 0) is 6.42 Å². The lowest BCUT2D eigenvalue weighted by Gasteiger charge is -2.10. The predicted octanol–water partition coefficient (Wildman–Crippen LogP) is 4.85. The zero-order valence-electron chi connectivity index (χ0n) is 15.6. The maximum absolute atomic E-state index is 12.4. The molecule has 6 heteroatoms. The zero-order chi connectivity index (χ0) is 19.8. The van der Waals surface area contributed by atoms with Gasteiger partial charge in [0.05, 0.1) is 12.1 Å². The summed E-state index contributed by atoms with van der Waals surface area (Å²) in [7, 11) is 1.57. The summed E-state index contributed by atoms with van der Waals surface area (Å²) in [5.41, 5.74) is 2.58. The van der Waals surface area contributed by atoms with Gasteiger partial charge in [-0.1, -0.05) is 41.9 Å². The van der Waals surface area contributed by atoms with Crippen LogP contribution in [0.2, 0.25) is 5.02 Å². The molecule has 0 atom stereocenters. The van der Waals surface area contributed by atoms with Crippen molar-refractivity contribution in [1.29, 1.82) is 0 Å². The zero-order valence-corrected chi connectivity index (χ0v) is 16.4. The van der Waals surface area contributed by atoms with E-state index < -0.39 is 0 Å². The van der Waals surface area contributed by atoms with E-state index in [1.165, 1.54) is 5.56 Å². The number of rotatable bonds is 8. The molecule has 28 heavy (non-hydrogen) atoms. The van der Waals surface area contributed by atoms with Gasteiger partial charge in [0.25, 0.3) is 5.91 Å². The van der Waals surface area contributed by atoms with Gasteiger partial charge in [-0.25, -0.2) is 4.98 Å². The molecule has 0 saturated heterocycles. The molecule has 1 aromatic heterocycles. The highest BCUT2D eigenvalue weighted by Gasteiger charge is 2.08. The minimum Gasteiger partial charge on any atom is -0.495 e. The number of benzene rings is 2. The van der Waals surface area contributed by atoms with E-state index in [1.807, 2.05) is 24.3 Å². The Morgan fingerprint density at radius 2 is 1.93 bits per heavy atom. The highest BCUT2D eigenvalue weighted by molar-refractivity contribution is 6.32. The standard InChI is InChI=1S/C22H22ClN3O2/c1-28-20-10-9-18(15-19(20)23)26-21-14-17(11-13-24-21)22(27)25-12-5-8-16-6-3-2-4-7-16/h2-4,6-7,9-11,13-15H,5,8,12H2,1H3,(H,24,26)(H,25,27). The molecule has 0 radical (unpaired) electrons. The number of anilines is 2. The van der Waals surface area contributed by atoms with Gasteiger partial charge in [-0.05, 0) is 48.7 Å². The van der Waals surface area contributed by atoms with Gasteiger partial charge in [0.1, 0.15) is 11.6 Å². The van der Waals surface area contributed by atoms with E-state index in [9.17, 15) is 4.79 Å². The molecule has 2 N–H and O–H groups in total.